The van der Waals surface area contributed by atoms with Crippen molar-refractivity contribution in [1.82, 2.24) is 10.2 Å². The number of aliphatic hydroxyl groups is 1. The molecular formula is C15H26N2O2. The van der Waals surface area contributed by atoms with E-state index in [4.69, 9.17) is 5.11 Å². The van der Waals surface area contributed by atoms with Gasteiger partial charge >= 0.3 is 6.03 Å². The first kappa shape index (κ1) is 13.2. The number of rotatable bonds is 5. The van der Waals surface area contributed by atoms with Crippen molar-refractivity contribution in [2.75, 3.05) is 13.2 Å². The van der Waals surface area contributed by atoms with Gasteiger partial charge in [0.05, 0.1) is 6.61 Å². The van der Waals surface area contributed by atoms with E-state index >= 15 is 0 Å². The molecule has 0 heterocycles. The second-order valence-corrected chi connectivity index (χ2v) is 6.56. The molecule has 0 bridgehead atoms. The highest BCUT2D eigenvalue weighted by atomic mass is 16.3. The molecule has 4 heteroatoms. The van der Waals surface area contributed by atoms with E-state index in [1.54, 1.807) is 0 Å². The third-order valence-electron chi connectivity index (χ3n) is 4.92. The zero-order valence-electron chi connectivity index (χ0n) is 11.7. The van der Waals surface area contributed by atoms with Gasteiger partial charge in [-0.2, -0.15) is 0 Å². The van der Waals surface area contributed by atoms with Gasteiger partial charge in [-0.25, -0.2) is 4.79 Å². The van der Waals surface area contributed by atoms with Crippen LogP contribution in [0.25, 0.3) is 0 Å². The standard InChI is InChI=1S/C15H26N2O2/c18-9-8-17(14-6-7-14)15(19)16-13-3-1-2-12(10-13)11-4-5-11/h11-14,18H,1-10H2,(H,16,19). The van der Waals surface area contributed by atoms with Crippen LogP contribution in [-0.4, -0.2) is 41.3 Å². The number of carbonyl (C=O) groups excluding carboxylic acids is 1. The van der Waals surface area contributed by atoms with Gasteiger partial charge in [0.2, 0.25) is 0 Å². The van der Waals surface area contributed by atoms with Crippen LogP contribution in [0.15, 0.2) is 0 Å². The highest BCUT2D eigenvalue weighted by Gasteiger charge is 2.37. The largest absolute Gasteiger partial charge is 0.395 e. The van der Waals surface area contributed by atoms with Gasteiger partial charge in [0.1, 0.15) is 0 Å². The zero-order valence-corrected chi connectivity index (χ0v) is 11.7. The highest BCUT2D eigenvalue weighted by Crippen LogP contribution is 2.43. The van der Waals surface area contributed by atoms with Gasteiger partial charge in [0.15, 0.2) is 0 Å². The molecular weight excluding hydrogens is 240 g/mol. The van der Waals surface area contributed by atoms with Crippen molar-refractivity contribution >= 4 is 6.03 Å². The quantitative estimate of drug-likeness (QED) is 0.801. The molecule has 3 rings (SSSR count). The molecule has 0 spiro atoms. The Kier molecular flexibility index (Phi) is 3.96. The van der Waals surface area contributed by atoms with Gasteiger partial charge in [-0.3, -0.25) is 0 Å². The van der Waals surface area contributed by atoms with Crippen LogP contribution in [0.5, 0.6) is 0 Å². The molecule has 0 saturated heterocycles. The molecule has 2 atom stereocenters. The monoisotopic (exact) mass is 266 g/mol. The smallest absolute Gasteiger partial charge is 0.317 e. The summed E-state index contributed by atoms with van der Waals surface area (Å²) in [5.74, 6) is 1.81. The predicted molar refractivity (Wildman–Crippen MR) is 73.8 cm³/mol. The summed E-state index contributed by atoms with van der Waals surface area (Å²) in [7, 11) is 0. The van der Waals surface area contributed by atoms with Gasteiger partial charge in [-0.15, -0.1) is 0 Å². The van der Waals surface area contributed by atoms with Crippen LogP contribution < -0.4 is 5.32 Å². The Labute approximate surface area is 115 Å². The number of nitrogens with zero attached hydrogens (tertiary/aromatic N) is 1. The normalized spacial score (nSPS) is 31.0. The van der Waals surface area contributed by atoms with Crippen molar-refractivity contribution in [3.8, 4) is 0 Å². The van der Waals surface area contributed by atoms with Crippen molar-refractivity contribution in [3.63, 3.8) is 0 Å². The summed E-state index contributed by atoms with van der Waals surface area (Å²) in [6.45, 7) is 0.550. The number of hydrogen-bond acceptors (Lipinski definition) is 2. The summed E-state index contributed by atoms with van der Waals surface area (Å²) >= 11 is 0. The van der Waals surface area contributed by atoms with E-state index in [0.717, 1.165) is 31.1 Å². The molecule has 0 aliphatic heterocycles. The third kappa shape index (κ3) is 3.41. The van der Waals surface area contributed by atoms with Crippen LogP contribution >= 0.6 is 0 Å². The minimum Gasteiger partial charge on any atom is -0.395 e. The fourth-order valence-electron chi connectivity index (χ4n) is 3.56. The zero-order chi connectivity index (χ0) is 13.2. The topological polar surface area (TPSA) is 52.6 Å². The lowest BCUT2D eigenvalue weighted by Crippen LogP contribution is -2.48. The van der Waals surface area contributed by atoms with E-state index in [1.165, 1.54) is 32.1 Å². The van der Waals surface area contributed by atoms with Crippen molar-refractivity contribution in [3.05, 3.63) is 0 Å². The summed E-state index contributed by atoms with van der Waals surface area (Å²) in [4.78, 5) is 14.1. The summed E-state index contributed by atoms with van der Waals surface area (Å²) in [6, 6.07) is 0.805. The van der Waals surface area contributed by atoms with Crippen LogP contribution in [0, 0.1) is 11.8 Å². The Balaban J connectivity index is 1.49. The second kappa shape index (κ2) is 5.70. The lowest BCUT2D eigenvalue weighted by Gasteiger charge is -2.32. The van der Waals surface area contributed by atoms with Crippen LogP contribution in [0.1, 0.15) is 51.4 Å². The first-order valence-corrected chi connectivity index (χ1v) is 7.96. The Morgan fingerprint density at radius 2 is 1.89 bits per heavy atom. The van der Waals surface area contributed by atoms with Crippen molar-refractivity contribution in [2.45, 2.75) is 63.5 Å². The van der Waals surface area contributed by atoms with E-state index in [0.29, 0.717) is 18.6 Å². The van der Waals surface area contributed by atoms with Gasteiger partial charge in [-0.05, 0) is 50.4 Å². The minimum absolute atomic E-state index is 0.0537. The molecule has 2 unspecified atom stereocenters. The van der Waals surface area contributed by atoms with E-state index in [9.17, 15) is 4.79 Å². The Bertz CT molecular complexity index is 326. The van der Waals surface area contributed by atoms with Crippen molar-refractivity contribution in [2.24, 2.45) is 11.8 Å². The average Bonchev–Trinajstić information content (AvgIpc) is 3.29. The number of amides is 2. The molecule has 2 N–H and O–H groups in total. The summed E-state index contributed by atoms with van der Waals surface area (Å²) in [5, 5.41) is 12.3. The second-order valence-electron chi connectivity index (χ2n) is 6.56. The minimum atomic E-state index is 0.0537. The maximum absolute atomic E-state index is 12.3. The molecule has 0 aromatic carbocycles. The molecule has 108 valence electrons. The molecule has 2 amide bonds. The average molecular weight is 266 g/mol. The van der Waals surface area contributed by atoms with E-state index in [1.807, 2.05) is 4.90 Å². The highest BCUT2D eigenvalue weighted by molar-refractivity contribution is 5.75. The first-order valence-electron chi connectivity index (χ1n) is 7.96. The molecule has 3 fully saturated rings. The van der Waals surface area contributed by atoms with Crippen molar-refractivity contribution in [1.29, 1.82) is 0 Å². The molecule has 0 radical (unpaired) electrons. The SMILES string of the molecule is O=C(NC1CCCC(C2CC2)C1)N(CCO)C1CC1. The number of aliphatic hydroxyl groups excluding tert-OH is 1. The predicted octanol–water partition coefficient (Wildman–Crippen LogP) is 2.12. The fourth-order valence-corrected chi connectivity index (χ4v) is 3.56. The van der Waals surface area contributed by atoms with Gasteiger partial charge in [0, 0.05) is 18.6 Å². The molecule has 3 aliphatic rings. The summed E-state index contributed by atoms with van der Waals surface area (Å²) in [5.41, 5.74) is 0. The molecule has 0 aromatic heterocycles. The number of nitrogens with one attached hydrogen (secondary N) is 1. The van der Waals surface area contributed by atoms with Gasteiger partial charge in [0.25, 0.3) is 0 Å². The molecule has 4 nitrogen and oxygen atoms in total. The fraction of sp³-hybridized carbons (Fsp3) is 0.933. The molecule has 3 saturated carbocycles. The third-order valence-corrected chi connectivity index (χ3v) is 4.92. The molecule has 3 aliphatic carbocycles. The van der Waals surface area contributed by atoms with E-state index < -0.39 is 0 Å². The first-order chi connectivity index (χ1) is 9.28. The lowest BCUT2D eigenvalue weighted by molar-refractivity contribution is 0.163. The number of urea groups is 1. The van der Waals surface area contributed by atoms with Crippen LogP contribution in [0.2, 0.25) is 0 Å². The van der Waals surface area contributed by atoms with Gasteiger partial charge in [-0.1, -0.05) is 12.8 Å². The van der Waals surface area contributed by atoms with Crippen LogP contribution in [0.3, 0.4) is 0 Å². The van der Waals surface area contributed by atoms with Gasteiger partial charge < -0.3 is 15.3 Å². The lowest BCUT2D eigenvalue weighted by atomic mass is 9.83. The Hall–Kier alpha value is -0.770. The maximum atomic E-state index is 12.3. The number of carbonyl (C=O) groups is 1. The molecule has 0 aromatic rings. The Morgan fingerprint density at radius 3 is 2.53 bits per heavy atom. The van der Waals surface area contributed by atoms with E-state index in [2.05, 4.69) is 5.32 Å². The summed E-state index contributed by atoms with van der Waals surface area (Å²) in [6.07, 6.45) is 9.94. The number of hydrogen-bond donors (Lipinski definition) is 2. The Morgan fingerprint density at radius 1 is 1.11 bits per heavy atom. The summed E-state index contributed by atoms with van der Waals surface area (Å²) < 4.78 is 0. The molecule has 19 heavy (non-hydrogen) atoms. The van der Waals surface area contributed by atoms with Crippen molar-refractivity contribution < 1.29 is 9.90 Å². The maximum Gasteiger partial charge on any atom is 0.317 e. The van der Waals surface area contributed by atoms with Crippen LogP contribution in [0.4, 0.5) is 4.79 Å². The van der Waals surface area contributed by atoms with Crippen LogP contribution in [-0.2, 0) is 0 Å². The van der Waals surface area contributed by atoms with E-state index in [-0.39, 0.29) is 12.6 Å².